The summed E-state index contributed by atoms with van der Waals surface area (Å²) >= 11 is 0. The topological polar surface area (TPSA) is 108 Å². The van der Waals surface area contributed by atoms with Crippen molar-refractivity contribution in [3.05, 3.63) is 48.6 Å². The average Bonchev–Trinajstić information content (AvgIpc) is 3.38. The number of quaternary nitrogens is 1. The fourth-order valence-corrected chi connectivity index (χ4v) is 9.14. The normalized spacial score (nSPS) is 13.0. The summed E-state index contributed by atoms with van der Waals surface area (Å²) in [5.41, 5.74) is 0. The van der Waals surface area contributed by atoms with Gasteiger partial charge in [0.1, 0.15) is 13.2 Å². The van der Waals surface area contributed by atoms with Gasteiger partial charge in [0.15, 0.2) is 6.10 Å². The van der Waals surface area contributed by atoms with Crippen LogP contribution in [0.4, 0.5) is 0 Å². The number of allylic oxidation sites excluding steroid dienone is 8. The van der Waals surface area contributed by atoms with Crippen LogP contribution in [-0.4, -0.2) is 87.4 Å². The molecular formula is C66H122NO8+. The Balaban J connectivity index is 4.16. The van der Waals surface area contributed by atoms with Gasteiger partial charge in [-0.15, -0.1) is 0 Å². The van der Waals surface area contributed by atoms with Gasteiger partial charge in [-0.1, -0.05) is 255 Å². The lowest BCUT2D eigenvalue weighted by atomic mass is 10.0. The number of carbonyl (C=O) groups is 3. The van der Waals surface area contributed by atoms with Gasteiger partial charge in [0.25, 0.3) is 6.29 Å². The van der Waals surface area contributed by atoms with Crippen LogP contribution in [0.15, 0.2) is 48.6 Å². The predicted molar refractivity (Wildman–Crippen MR) is 318 cm³/mol. The monoisotopic (exact) mass is 1060 g/mol. The Morgan fingerprint density at radius 2 is 0.720 bits per heavy atom. The molecule has 438 valence electrons. The van der Waals surface area contributed by atoms with E-state index in [-0.39, 0.29) is 32.2 Å². The third kappa shape index (κ3) is 58.8. The van der Waals surface area contributed by atoms with Gasteiger partial charge in [-0.3, -0.25) is 9.59 Å². The third-order valence-electron chi connectivity index (χ3n) is 14.1. The van der Waals surface area contributed by atoms with Crippen LogP contribution in [0.2, 0.25) is 0 Å². The lowest BCUT2D eigenvalue weighted by Crippen LogP contribution is -2.40. The maximum Gasteiger partial charge on any atom is 0.361 e. The van der Waals surface area contributed by atoms with Gasteiger partial charge in [-0.05, 0) is 77.0 Å². The van der Waals surface area contributed by atoms with E-state index in [1.165, 1.54) is 205 Å². The second kappa shape index (κ2) is 57.4. The van der Waals surface area contributed by atoms with Gasteiger partial charge >= 0.3 is 17.9 Å². The number of hydrogen-bond acceptors (Lipinski definition) is 7. The van der Waals surface area contributed by atoms with Crippen LogP contribution in [0, 0.1) is 0 Å². The molecular weight excluding hydrogens is 935 g/mol. The second-order valence-electron chi connectivity index (χ2n) is 22.7. The molecule has 1 N–H and O–H groups in total. The van der Waals surface area contributed by atoms with E-state index in [0.29, 0.717) is 23.9 Å². The van der Waals surface area contributed by atoms with Gasteiger partial charge in [0, 0.05) is 12.8 Å². The molecule has 0 saturated carbocycles. The Labute approximate surface area is 463 Å². The van der Waals surface area contributed by atoms with Crippen LogP contribution in [0.25, 0.3) is 0 Å². The van der Waals surface area contributed by atoms with Crippen LogP contribution in [0.5, 0.6) is 0 Å². The van der Waals surface area contributed by atoms with Crippen molar-refractivity contribution in [2.75, 3.05) is 47.5 Å². The molecule has 9 heteroatoms. The summed E-state index contributed by atoms with van der Waals surface area (Å²) in [6, 6.07) is 0. The number of hydrogen-bond donors (Lipinski definition) is 1. The minimum Gasteiger partial charge on any atom is -0.477 e. The smallest absolute Gasteiger partial charge is 0.361 e. The van der Waals surface area contributed by atoms with Crippen LogP contribution in [0.1, 0.15) is 296 Å². The van der Waals surface area contributed by atoms with E-state index in [2.05, 4.69) is 62.5 Å². The summed E-state index contributed by atoms with van der Waals surface area (Å²) in [6.07, 6.45) is 69.2. The fourth-order valence-electron chi connectivity index (χ4n) is 9.14. The molecule has 0 spiro atoms. The zero-order valence-corrected chi connectivity index (χ0v) is 50.0. The van der Waals surface area contributed by atoms with Crippen molar-refractivity contribution >= 4 is 17.9 Å². The molecule has 0 rings (SSSR count). The van der Waals surface area contributed by atoms with Crippen molar-refractivity contribution in [2.45, 2.75) is 309 Å². The molecule has 75 heavy (non-hydrogen) atoms. The van der Waals surface area contributed by atoms with E-state index in [0.717, 1.165) is 57.8 Å². The van der Waals surface area contributed by atoms with Crippen LogP contribution in [-0.2, 0) is 33.3 Å². The highest BCUT2D eigenvalue weighted by Crippen LogP contribution is 2.17. The number of unbranched alkanes of at least 4 members (excludes halogenated alkanes) is 36. The van der Waals surface area contributed by atoms with E-state index in [1.54, 1.807) is 0 Å². The lowest BCUT2D eigenvalue weighted by molar-refractivity contribution is -0.870. The van der Waals surface area contributed by atoms with Gasteiger partial charge in [-0.2, -0.15) is 0 Å². The van der Waals surface area contributed by atoms with Crippen molar-refractivity contribution in [2.24, 2.45) is 0 Å². The zero-order chi connectivity index (χ0) is 54.8. The number of ether oxygens (including phenoxy) is 4. The number of aliphatic carboxylic acids is 1. The molecule has 0 aromatic rings. The van der Waals surface area contributed by atoms with Crippen LogP contribution < -0.4 is 0 Å². The Morgan fingerprint density at radius 3 is 1.08 bits per heavy atom. The third-order valence-corrected chi connectivity index (χ3v) is 14.1. The molecule has 2 unspecified atom stereocenters. The molecule has 0 aliphatic rings. The summed E-state index contributed by atoms with van der Waals surface area (Å²) in [5, 5.41) is 9.72. The van der Waals surface area contributed by atoms with E-state index < -0.39 is 24.3 Å². The molecule has 0 fully saturated rings. The largest absolute Gasteiger partial charge is 0.477 e. The number of nitrogens with zero attached hydrogens (tertiary/aromatic N) is 1. The molecule has 0 heterocycles. The van der Waals surface area contributed by atoms with E-state index in [9.17, 15) is 19.5 Å². The average molecular weight is 1060 g/mol. The van der Waals surface area contributed by atoms with Gasteiger partial charge < -0.3 is 28.5 Å². The predicted octanol–water partition coefficient (Wildman–Crippen LogP) is 19.0. The van der Waals surface area contributed by atoms with Crippen LogP contribution >= 0.6 is 0 Å². The van der Waals surface area contributed by atoms with Gasteiger partial charge in [-0.25, -0.2) is 4.79 Å². The number of carbonyl (C=O) groups excluding carboxylic acids is 2. The Hall–Kier alpha value is -2.75. The minimum absolute atomic E-state index is 0.185. The van der Waals surface area contributed by atoms with E-state index >= 15 is 0 Å². The molecule has 0 aliphatic heterocycles. The number of carboxylic acid groups (broad SMARTS) is 1. The minimum atomic E-state index is -1.51. The maximum absolute atomic E-state index is 12.9. The standard InChI is InChI=1S/C66H121NO8/c1-6-8-10-12-14-16-18-20-22-24-26-28-29-30-31-32-33-34-35-37-38-40-42-44-46-48-50-52-54-56-63(68)73-60-62(61-74-66(65(70)71)72-59-58-67(3,4)5)75-64(69)57-55-53-51-49-47-45-43-41-39-36-27-25-23-21-19-17-15-13-11-9-7-2/h19,21,24-27,39,41,62,66H,6-18,20,22-23,28-38,40,42-61H2,1-5H3/p+1/b21-19-,26-24-,27-25-,41-39-. The summed E-state index contributed by atoms with van der Waals surface area (Å²) < 4.78 is 22.9. The fraction of sp³-hybridized carbons (Fsp3) is 0.833. The summed E-state index contributed by atoms with van der Waals surface area (Å²) in [6.45, 7) is 4.89. The summed E-state index contributed by atoms with van der Waals surface area (Å²) in [5.74, 6) is -2.01. The highest BCUT2D eigenvalue weighted by Gasteiger charge is 2.25. The molecule has 0 aliphatic carbocycles. The SMILES string of the molecule is CCCCCCC/C=C\C/C=C\C/C=C\CCCCCCCCC(=O)OC(COC(=O)CCCCCCCCCCCCCCCCCCC/C=C\CCCCCCCCCC)COC(OCC[N+](C)(C)C)C(=O)O. The van der Waals surface area contributed by atoms with E-state index in [1.807, 2.05) is 21.1 Å². The molecule has 2 atom stereocenters. The van der Waals surface area contributed by atoms with Gasteiger partial charge in [0.2, 0.25) is 0 Å². The number of carboxylic acids is 1. The molecule has 0 saturated heterocycles. The van der Waals surface area contributed by atoms with Crippen LogP contribution in [0.3, 0.4) is 0 Å². The molecule has 0 aromatic carbocycles. The molecule has 0 radical (unpaired) electrons. The first-order valence-electron chi connectivity index (χ1n) is 31.8. The number of likely N-dealkylation sites (N-methyl/N-ethyl adjacent to an activating group) is 1. The molecule has 9 nitrogen and oxygen atoms in total. The number of esters is 2. The molecule has 0 bridgehead atoms. The van der Waals surface area contributed by atoms with Crippen molar-refractivity contribution < 1.29 is 42.9 Å². The summed E-state index contributed by atoms with van der Waals surface area (Å²) in [7, 11) is 5.97. The Morgan fingerprint density at radius 1 is 0.400 bits per heavy atom. The zero-order valence-electron chi connectivity index (χ0n) is 50.0. The molecule has 0 aromatic heterocycles. The van der Waals surface area contributed by atoms with Crippen molar-refractivity contribution in [1.29, 1.82) is 0 Å². The van der Waals surface area contributed by atoms with E-state index in [4.69, 9.17) is 18.9 Å². The first-order chi connectivity index (χ1) is 36.6. The first kappa shape index (κ1) is 72.2. The van der Waals surface area contributed by atoms with Crippen molar-refractivity contribution in [3.8, 4) is 0 Å². The maximum atomic E-state index is 12.9. The highest BCUT2D eigenvalue weighted by atomic mass is 16.7. The summed E-state index contributed by atoms with van der Waals surface area (Å²) in [4.78, 5) is 37.5. The Kier molecular flexibility index (Phi) is 55.3. The van der Waals surface area contributed by atoms with Gasteiger partial charge in [0.05, 0.1) is 34.4 Å². The first-order valence-corrected chi connectivity index (χ1v) is 31.8. The molecule has 0 amide bonds. The lowest BCUT2D eigenvalue weighted by Gasteiger charge is -2.25. The van der Waals surface area contributed by atoms with Crippen molar-refractivity contribution in [3.63, 3.8) is 0 Å². The highest BCUT2D eigenvalue weighted by molar-refractivity contribution is 5.71. The Bertz CT molecular complexity index is 1370. The quantitative estimate of drug-likeness (QED) is 0.0211. The van der Waals surface area contributed by atoms with Crippen molar-refractivity contribution in [1.82, 2.24) is 0 Å². The number of rotatable bonds is 59. The second-order valence-corrected chi connectivity index (χ2v) is 22.7.